The Hall–Kier alpha value is -2.49. The highest BCUT2D eigenvalue weighted by atomic mass is 16.6. The molecule has 2 amide bonds. The second-order valence-electron chi connectivity index (χ2n) is 9.43. The van der Waals surface area contributed by atoms with Gasteiger partial charge in [0.15, 0.2) is 0 Å². The topological polar surface area (TPSA) is 113 Å². The second kappa shape index (κ2) is 10.7. The van der Waals surface area contributed by atoms with E-state index < -0.39 is 23.4 Å². The van der Waals surface area contributed by atoms with E-state index in [0.717, 1.165) is 12.8 Å². The van der Waals surface area contributed by atoms with E-state index in [4.69, 9.17) is 18.9 Å². The summed E-state index contributed by atoms with van der Waals surface area (Å²) >= 11 is 0. The maximum Gasteiger partial charge on any atom is 0.412 e. The maximum absolute atomic E-state index is 12.2. The van der Waals surface area contributed by atoms with E-state index >= 15 is 0 Å². The predicted octanol–water partition coefficient (Wildman–Crippen LogP) is 3.88. The average Bonchev–Trinajstić information content (AvgIpc) is 3.01. The molecule has 31 heavy (non-hydrogen) atoms. The lowest BCUT2D eigenvalue weighted by atomic mass is 10.1. The molecular weight excluding hydrogens is 404 g/mol. The van der Waals surface area contributed by atoms with Crippen molar-refractivity contribution < 1.29 is 28.5 Å². The second-order valence-corrected chi connectivity index (χ2v) is 9.43. The van der Waals surface area contributed by atoms with Gasteiger partial charge in [0.2, 0.25) is 0 Å². The Morgan fingerprint density at radius 3 is 2.32 bits per heavy atom. The Balaban J connectivity index is 1.93. The van der Waals surface area contributed by atoms with E-state index in [1.807, 2.05) is 25.5 Å². The lowest BCUT2D eigenvalue weighted by molar-refractivity contribution is 0.0523. The summed E-state index contributed by atoms with van der Waals surface area (Å²) in [5.41, 5.74) is -0.713. The molecule has 1 aliphatic heterocycles. The van der Waals surface area contributed by atoms with E-state index in [2.05, 4.69) is 15.7 Å². The molecule has 10 heteroatoms. The van der Waals surface area contributed by atoms with Crippen LogP contribution in [0.2, 0.25) is 0 Å². The molecule has 1 aromatic heterocycles. The zero-order chi connectivity index (χ0) is 23.1. The minimum Gasteiger partial charge on any atom is -0.475 e. The van der Waals surface area contributed by atoms with Crippen molar-refractivity contribution in [1.82, 2.24) is 15.1 Å². The van der Waals surface area contributed by atoms with E-state index in [0.29, 0.717) is 44.4 Å². The third kappa shape index (κ3) is 9.46. The molecule has 1 fully saturated rings. The number of rotatable bonds is 7. The molecule has 0 radical (unpaired) electrons. The van der Waals surface area contributed by atoms with Gasteiger partial charge in [-0.3, -0.25) is 10.00 Å². The molecule has 2 rings (SSSR count). The zero-order valence-corrected chi connectivity index (χ0v) is 19.4. The Morgan fingerprint density at radius 1 is 1.10 bits per heavy atom. The van der Waals surface area contributed by atoms with Gasteiger partial charge in [0.05, 0.1) is 18.8 Å². The number of carbonyl (C=O) groups excluding carboxylic acids is 2. The number of hydrogen-bond donors (Lipinski definition) is 2. The largest absolute Gasteiger partial charge is 0.475 e. The minimum atomic E-state index is -0.616. The predicted molar refractivity (Wildman–Crippen MR) is 116 cm³/mol. The molecule has 0 spiro atoms. The van der Waals surface area contributed by atoms with Crippen molar-refractivity contribution in [2.24, 2.45) is 0 Å². The fraction of sp³-hybridized carbons (Fsp3) is 0.762. The molecule has 0 saturated carbocycles. The summed E-state index contributed by atoms with van der Waals surface area (Å²) in [5, 5.41) is 9.93. The van der Waals surface area contributed by atoms with Crippen molar-refractivity contribution in [1.29, 1.82) is 0 Å². The van der Waals surface area contributed by atoms with Crippen LogP contribution in [0.3, 0.4) is 0 Å². The van der Waals surface area contributed by atoms with Crippen LogP contribution in [0.1, 0.15) is 66.8 Å². The van der Waals surface area contributed by atoms with Crippen LogP contribution in [0.15, 0.2) is 6.20 Å². The normalized spacial score (nSPS) is 15.3. The van der Waals surface area contributed by atoms with Crippen molar-refractivity contribution in [3.8, 4) is 5.88 Å². The summed E-state index contributed by atoms with van der Waals surface area (Å²) in [6.45, 7) is 12.9. The van der Waals surface area contributed by atoms with Gasteiger partial charge in [-0.25, -0.2) is 9.59 Å². The van der Waals surface area contributed by atoms with E-state index in [1.54, 1.807) is 27.0 Å². The third-order valence-electron chi connectivity index (χ3n) is 4.13. The maximum atomic E-state index is 12.2. The van der Waals surface area contributed by atoms with Gasteiger partial charge in [-0.05, 0) is 60.8 Å². The summed E-state index contributed by atoms with van der Waals surface area (Å²) in [5.74, 6) is 0.314. The van der Waals surface area contributed by atoms with Crippen LogP contribution in [-0.2, 0) is 14.2 Å². The first-order valence-corrected chi connectivity index (χ1v) is 10.7. The fourth-order valence-electron chi connectivity index (χ4n) is 2.86. The molecule has 1 aromatic rings. The number of amides is 2. The van der Waals surface area contributed by atoms with Crippen LogP contribution in [0, 0.1) is 0 Å². The molecule has 0 atom stereocenters. The number of nitrogens with one attached hydrogen (secondary N) is 2. The molecular formula is C21H36N4O6. The van der Waals surface area contributed by atoms with Crippen LogP contribution < -0.4 is 15.4 Å². The standard InChI is InChI=1S/C21H36N4O6/c1-20(2,3)30-18(26)22-10-7-11-29-17-16(23-19(27)31-21(4,5)6)14-25(24-17)15-8-12-28-13-9-15/h14-15H,7-13H2,1-6H3,(H,22,26)(H,23,27). The minimum absolute atomic E-state index is 0.180. The highest BCUT2D eigenvalue weighted by Gasteiger charge is 2.23. The average molecular weight is 441 g/mol. The van der Waals surface area contributed by atoms with Gasteiger partial charge in [-0.1, -0.05) is 0 Å². The molecule has 0 bridgehead atoms. The Bertz CT molecular complexity index is 729. The van der Waals surface area contributed by atoms with Crippen LogP contribution in [0.25, 0.3) is 0 Å². The van der Waals surface area contributed by atoms with Gasteiger partial charge in [-0.2, -0.15) is 0 Å². The molecule has 10 nitrogen and oxygen atoms in total. The van der Waals surface area contributed by atoms with Gasteiger partial charge in [0.1, 0.15) is 16.9 Å². The first kappa shape index (κ1) is 24.8. The molecule has 0 aliphatic carbocycles. The number of nitrogens with zero attached hydrogens (tertiary/aromatic N) is 2. The monoisotopic (exact) mass is 440 g/mol. The highest BCUT2D eigenvalue weighted by molar-refractivity contribution is 5.86. The SMILES string of the molecule is CC(C)(C)OC(=O)NCCCOc1nn(C2CCOCC2)cc1NC(=O)OC(C)(C)C. The summed E-state index contributed by atoms with van der Waals surface area (Å²) in [6.07, 6.45) is 2.95. The van der Waals surface area contributed by atoms with Gasteiger partial charge >= 0.3 is 12.2 Å². The molecule has 0 unspecified atom stereocenters. The molecule has 176 valence electrons. The van der Waals surface area contributed by atoms with Crippen molar-refractivity contribution >= 4 is 17.9 Å². The summed E-state index contributed by atoms with van der Waals surface area (Å²) < 4.78 is 23.6. The van der Waals surface area contributed by atoms with Crippen LogP contribution >= 0.6 is 0 Å². The third-order valence-corrected chi connectivity index (χ3v) is 4.13. The van der Waals surface area contributed by atoms with E-state index in [-0.39, 0.29) is 6.04 Å². The van der Waals surface area contributed by atoms with Crippen molar-refractivity contribution in [2.75, 3.05) is 31.7 Å². The molecule has 2 N–H and O–H groups in total. The number of ether oxygens (including phenoxy) is 4. The first-order chi connectivity index (χ1) is 14.4. The molecule has 0 aromatic carbocycles. The molecule has 1 saturated heterocycles. The van der Waals surface area contributed by atoms with Gasteiger partial charge in [0.25, 0.3) is 5.88 Å². The van der Waals surface area contributed by atoms with Gasteiger partial charge in [-0.15, -0.1) is 5.10 Å². The van der Waals surface area contributed by atoms with E-state index in [1.165, 1.54) is 0 Å². The summed E-state index contributed by atoms with van der Waals surface area (Å²) in [6, 6.07) is 0.180. The number of hydrogen-bond acceptors (Lipinski definition) is 7. The lowest BCUT2D eigenvalue weighted by Gasteiger charge is -2.22. The Morgan fingerprint density at radius 2 is 1.71 bits per heavy atom. The Kier molecular flexibility index (Phi) is 8.55. The number of anilines is 1. The lowest BCUT2D eigenvalue weighted by Crippen LogP contribution is -2.33. The van der Waals surface area contributed by atoms with Gasteiger partial charge < -0.3 is 24.3 Å². The number of carbonyl (C=O) groups is 2. The highest BCUT2D eigenvalue weighted by Crippen LogP contribution is 2.28. The summed E-state index contributed by atoms with van der Waals surface area (Å²) in [7, 11) is 0. The van der Waals surface area contributed by atoms with Gasteiger partial charge in [0, 0.05) is 19.8 Å². The quantitative estimate of drug-likeness (QED) is 0.619. The van der Waals surface area contributed by atoms with Crippen molar-refractivity contribution in [2.45, 2.75) is 78.0 Å². The van der Waals surface area contributed by atoms with E-state index in [9.17, 15) is 9.59 Å². The van der Waals surface area contributed by atoms with Crippen LogP contribution in [0.4, 0.5) is 15.3 Å². The fourth-order valence-corrected chi connectivity index (χ4v) is 2.86. The van der Waals surface area contributed by atoms with Crippen molar-refractivity contribution in [3.63, 3.8) is 0 Å². The molecule has 2 heterocycles. The summed E-state index contributed by atoms with van der Waals surface area (Å²) in [4.78, 5) is 23.9. The van der Waals surface area contributed by atoms with Crippen molar-refractivity contribution in [3.05, 3.63) is 6.20 Å². The number of aromatic nitrogens is 2. The first-order valence-electron chi connectivity index (χ1n) is 10.7. The van der Waals surface area contributed by atoms with Crippen LogP contribution in [0.5, 0.6) is 5.88 Å². The zero-order valence-electron chi connectivity index (χ0n) is 19.4. The Labute approximate surface area is 183 Å². The molecule has 1 aliphatic rings. The van der Waals surface area contributed by atoms with Crippen LogP contribution in [-0.4, -0.2) is 59.5 Å². The smallest absolute Gasteiger partial charge is 0.412 e. The number of alkyl carbamates (subject to hydrolysis) is 1.